The molecule has 0 radical (unpaired) electrons. The third-order valence-electron chi connectivity index (χ3n) is 6.94. The average molecular weight is 549 g/mol. The number of aliphatic imine (C=N–C) groups is 1. The van der Waals surface area contributed by atoms with Crippen LogP contribution in [0.4, 0.5) is 17.6 Å². The van der Waals surface area contributed by atoms with E-state index in [4.69, 9.17) is 23.2 Å². The van der Waals surface area contributed by atoms with Gasteiger partial charge in [0, 0.05) is 28.8 Å². The van der Waals surface area contributed by atoms with Crippen LogP contribution in [0.1, 0.15) is 57.8 Å². The Morgan fingerprint density at radius 1 is 1.11 bits per heavy atom. The second kappa shape index (κ2) is 12.6. The number of rotatable bonds is 6. The minimum absolute atomic E-state index is 0.0345. The summed E-state index contributed by atoms with van der Waals surface area (Å²) in [6.07, 6.45) is -4.02. The summed E-state index contributed by atoms with van der Waals surface area (Å²) in [4.78, 5) is 17.4. The van der Waals surface area contributed by atoms with Crippen LogP contribution in [0.15, 0.2) is 4.99 Å². The lowest BCUT2D eigenvalue weighted by Gasteiger charge is -2.31. The van der Waals surface area contributed by atoms with Crippen LogP contribution in [0, 0.1) is 5.92 Å². The molecule has 1 heterocycles. The molecule has 2 aliphatic carbocycles. The van der Waals surface area contributed by atoms with E-state index in [0.717, 1.165) is 12.8 Å². The van der Waals surface area contributed by atoms with Crippen LogP contribution in [0.5, 0.6) is 0 Å². The number of hydrogen-bond donors (Lipinski definition) is 5. The van der Waals surface area contributed by atoms with Crippen molar-refractivity contribution >= 4 is 35.1 Å². The smallest absolute Gasteiger partial charge is 0.394 e. The van der Waals surface area contributed by atoms with E-state index in [9.17, 15) is 32.6 Å². The predicted octanol–water partition coefficient (Wildman–Crippen LogP) is 2.75. The number of carbonyl (C=O) groups is 1. The van der Waals surface area contributed by atoms with Crippen LogP contribution in [0.25, 0.3) is 0 Å². The molecule has 3 aliphatic rings. The highest BCUT2D eigenvalue weighted by atomic mass is 35.5. The fourth-order valence-corrected chi connectivity index (χ4v) is 5.94. The van der Waals surface area contributed by atoms with Gasteiger partial charge in [0.05, 0.1) is 18.8 Å². The van der Waals surface area contributed by atoms with Crippen molar-refractivity contribution in [2.45, 2.75) is 111 Å². The molecule has 13 heteroatoms. The normalized spacial score (nSPS) is 37.7. The van der Waals surface area contributed by atoms with Crippen LogP contribution < -0.4 is 16.0 Å². The van der Waals surface area contributed by atoms with Gasteiger partial charge in [-0.15, -0.1) is 23.2 Å². The zero-order valence-electron chi connectivity index (χ0n) is 19.3. The molecule has 1 aliphatic heterocycles. The van der Waals surface area contributed by atoms with Crippen molar-refractivity contribution < 1.29 is 32.6 Å². The largest absolute Gasteiger partial charge is 0.403 e. The number of aliphatic hydroxyl groups is 2. The Morgan fingerprint density at radius 2 is 1.86 bits per heavy atom. The second-order valence-corrected chi connectivity index (χ2v) is 11.1. The lowest BCUT2D eigenvalue weighted by molar-refractivity contribution is -0.152. The van der Waals surface area contributed by atoms with E-state index >= 15 is 0 Å². The van der Waals surface area contributed by atoms with Gasteiger partial charge in [-0.05, 0) is 51.4 Å². The first kappa shape index (κ1) is 28.7. The number of aliphatic hydroxyl groups excluding tert-OH is 2. The fourth-order valence-electron chi connectivity index (χ4n) is 5.16. The number of nitrogens with zero attached hydrogens (tertiary/aromatic N) is 1. The Hall–Kier alpha value is -0.880. The van der Waals surface area contributed by atoms with Gasteiger partial charge in [-0.1, -0.05) is 6.42 Å². The summed E-state index contributed by atoms with van der Waals surface area (Å²) in [5.74, 6) is -0.745. The minimum atomic E-state index is -4.53. The minimum Gasteiger partial charge on any atom is -0.394 e. The molecule has 7 nitrogen and oxygen atoms in total. The van der Waals surface area contributed by atoms with Gasteiger partial charge in [0.1, 0.15) is 12.2 Å². The topological polar surface area (TPSA) is 106 Å². The third-order valence-corrected chi connectivity index (χ3v) is 7.69. The molecule has 3 rings (SSSR count). The van der Waals surface area contributed by atoms with Crippen molar-refractivity contribution in [1.29, 1.82) is 0 Å². The highest BCUT2D eigenvalue weighted by molar-refractivity contribution is 6.21. The van der Waals surface area contributed by atoms with Crippen LogP contribution in [0.3, 0.4) is 0 Å². The molecule has 1 amide bonds. The number of carbonyl (C=O) groups excluding carboxylic acids is 1. The molecule has 0 spiro atoms. The maximum absolute atomic E-state index is 14.1. The number of halogens is 6. The maximum Gasteiger partial charge on any atom is 0.403 e. The molecule has 5 N–H and O–H groups in total. The van der Waals surface area contributed by atoms with E-state index in [1.807, 2.05) is 0 Å². The first-order valence-electron chi connectivity index (χ1n) is 12.1. The summed E-state index contributed by atoms with van der Waals surface area (Å²) >= 11 is 12.4. The first-order chi connectivity index (χ1) is 16.4. The van der Waals surface area contributed by atoms with Gasteiger partial charge in [-0.25, -0.2) is 9.38 Å². The molecule has 9 unspecified atom stereocenters. The zero-order chi connectivity index (χ0) is 25.8. The summed E-state index contributed by atoms with van der Waals surface area (Å²) in [6, 6.07) is -4.15. The highest BCUT2D eigenvalue weighted by Crippen LogP contribution is 2.32. The van der Waals surface area contributed by atoms with Gasteiger partial charge in [0.15, 0.2) is 5.96 Å². The molecule has 3 fully saturated rings. The Labute approximate surface area is 212 Å². The van der Waals surface area contributed by atoms with E-state index in [0.29, 0.717) is 19.3 Å². The Morgan fingerprint density at radius 3 is 2.49 bits per heavy atom. The van der Waals surface area contributed by atoms with Gasteiger partial charge in [-0.2, -0.15) is 13.2 Å². The second-order valence-electron chi connectivity index (χ2n) is 9.91. The molecule has 2 saturated carbocycles. The van der Waals surface area contributed by atoms with Gasteiger partial charge < -0.3 is 20.8 Å². The predicted molar refractivity (Wildman–Crippen MR) is 125 cm³/mol. The van der Waals surface area contributed by atoms with Crippen molar-refractivity contribution in [2.24, 2.45) is 10.9 Å². The quantitative estimate of drug-likeness (QED) is 0.152. The summed E-state index contributed by atoms with van der Waals surface area (Å²) in [6.45, 7) is -0.606. The van der Waals surface area contributed by atoms with Crippen molar-refractivity contribution in [3.63, 3.8) is 0 Å². The van der Waals surface area contributed by atoms with E-state index in [2.05, 4.69) is 20.9 Å². The molecule has 202 valence electrons. The molecule has 9 atom stereocenters. The summed E-state index contributed by atoms with van der Waals surface area (Å²) in [7, 11) is 0. The third kappa shape index (κ3) is 8.59. The summed E-state index contributed by atoms with van der Waals surface area (Å²) < 4.78 is 54.4. The van der Waals surface area contributed by atoms with Crippen LogP contribution in [-0.2, 0) is 4.79 Å². The lowest BCUT2D eigenvalue weighted by Crippen LogP contribution is -2.51. The van der Waals surface area contributed by atoms with Crippen molar-refractivity contribution in [2.75, 3.05) is 6.61 Å². The number of nitrogens with one attached hydrogen (secondary N) is 3. The first-order valence-corrected chi connectivity index (χ1v) is 13.0. The number of hydrogen-bond acceptors (Lipinski definition) is 5. The zero-order valence-corrected chi connectivity index (χ0v) is 20.8. The van der Waals surface area contributed by atoms with E-state index < -0.39 is 61.0 Å². The van der Waals surface area contributed by atoms with Gasteiger partial charge in [-0.3, -0.25) is 10.1 Å². The molecule has 1 saturated heterocycles. The van der Waals surface area contributed by atoms with Crippen molar-refractivity contribution in [3.05, 3.63) is 0 Å². The van der Waals surface area contributed by atoms with Gasteiger partial charge >= 0.3 is 6.18 Å². The monoisotopic (exact) mass is 548 g/mol. The SMILES string of the molecule is O=C(NC(=NC1CC(C(F)(F)F)NC1CC(O)CO)NC1CC(F)CC(Cl)C1)C1CCCC(Cl)C1. The molecule has 0 aromatic heterocycles. The standard InChI is InChI=1S/C22H34Cl2F4N4O3/c23-12-3-1-2-11(4-12)20(35)32-21(29-15-6-13(24)5-14(25)7-15)31-18-9-19(22(26,27)28)30-17(18)8-16(34)10-33/h11-19,30,33-34H,1-10H2,(H2,29,31,32,35). The van der Waals surface area contributed by atoms with E-state index in [-0.39, 0.29) is 42.4 Å². The molecule has 35 heavy (non-hydrogen) atoms. The van der Waals surface area contributed by atoms with Crippen molar-refractivity contribution in [1.82, 2.24) is 16.0 Å². The Balaban J connectivity index is 1.81. The fraction of sp³-hybridized carbons (Fsp3) is 0.909. The number of alkyl halides is 6. The van der Waals surface area contributed by atoms with E-state index in [1.54, 1.807) is 0 Å². The molecule has 0 aromatic rings. The van der Waals surface area contributed by atoms with Crippen LogP contribution in [-0.4, -0.2) is 82.1 Å². The molecular formula is C22H34Cl2F4N4O3. The average Bonchev–Trinajstić information content (AvgIpc) is 3.15. The maximum atomic E-state index is 14.1. The Bertz CT molecular complexity index is 738. The van der Waals surface area contributed by atoms with Gasteiger partial charge in [0.25, 0.3) is 0 Å². The van der Waals surface area contributed by atoms with Crippen LogP contribution >= 0.6 is 23.2 Å². The molecular weight excluding hydrogens is 515 g/mol. The summed E-state index contributed by atoms with van der Waals surface area (Å²) in [5, 5.41) is 26.6. The van der Waals surface area contributed by atoms with E-state index in [1.165, 1.54) is 0 Å². The highest BCUT2D eigenvalue weighted by Gasteiger charge is 2.48. The van der Waals surface area contributed by atoms with Gasteiger partial charge in [0.2, 0.25) is 5.91 Å². The van der Waals surface area contributed by atoms with Crippen molar-refractivity contribution in [3.8, 4) is 0 Å². The number of amides is 1. The summed E-state index contributed by atoms with van der Waals surface area (Å²) in [5.41, 5.74) is 0. The lowest BCUT2D eigenvalue weighted by atomic mass is 9.88. The van der Waals surface area contributed by atoms with Crippen LogP contribution in [0.2, 0.25) is 0 Å². The molecule has 0 bridgehead atoms. The molecule has 0 aromatic carbocycles. The number of guanidine groups is 1. The Kier molecular flexibility index (Phi) is 10.3.